The summed E-state index contributed by atoms with van der Waals surface area (Å²) in [7, 11) is 0. The van der Waals surface area contributed by atoms with Crippen LogP contribution in [0.25, 0.3) is 11.0 Å². The normalized spacial score (nSPS) is 12.3. The van der Waals surface area contributed by atoms with Crippen molar-refractivity contribution >= 4 is 16.9 Å². The number of imidazole rings is 1. The molecule has 3 aromatic rings. The van der Waals surface area contributed by atoms with Crippen LogP contribution >= 0.6 is 0 Å². The van der Waals surface area contributed by atoms with Gasteiger partial charge in [0, 0.05) is 0 Å². The molecule has 1 heterocycles. The molecule has 1 atom stereocenters. The van der Waals surface area contributed by atoms with E-state index in [0.717, 1.165) is 28.2 Å². The number of hydrogen-bond acceptors (Lipinski definition) is 3. The molecular weight excluding hydrogens is 326 g/mol. The van der Waals surface area contributed by atoms with Crippen LogP contribution in [0.15, 0.2) is 42.5 Å². The van der Waals surface area contributed by atoms with E-state index >= 15 is 0 Å². The number of ether oxygens (including phenoxy) is 1. The van der Waals surface area contributed by atoms with E-state index in [9.17, 15) is 4.79 Å². The molecule has 0 radical (unpaired) electrons. The molecule has 2 aromatic carbocycles. The van der Waals surface area contributed by atoms with Gasteiger partial charge in [0.15, 0.2) is 6.61 Å². The number of nitrogens with zero attached hydrogens (tertiary/aromatic N) is 1. The molecule has 0 aliphatic rings. The topological polar surface area (TPSA) is 67.0 Å². The zero-order chi connectivity index (χ0) is 18.7. The van der Waals surface area contributed by atoms with E-state index in [0.29, 0.717) is 0 Å². The summed E-state index contributed by atoms with van der Waals surface area (Å²) < 4.78 is 5.69. The Morgan fingerprint density at radius 3 is 2.65 bits per heavy atom. The van der Waals surface area contributed by atoms with Crippen LogP contribution in [-0.2, 0) is 4.79 Å². The van der Waals surface area contributed by atoms with E-state index in [2.05, 4.69) is 29.1 Å². The van der Waals surface area contributed by atoms with Gasteiger partial charge in [0.25, 0.3) is 5.91 Å². The Bertz CT molecular complexity index is 882. The van der Waals surface area contributed by atoms with E-state index in [4.69, 9.17) is 4.74 Å². The summed E-state index contributed by atoms with van der Waals surface area (Å²) in [5.74, 6) is 1.53. The molecule has 5 heteroatoms. The monoisotopic (exact) mass is 351 g/mol. The van der Waals surface area contributed by atoms with Gasteiger partial charge in [0.05, 0.1) is 17.1 Å². The maximum atomic E-state index is 12.4. The minimum absolute atomic E-state index is 0.0205. The zero-order valence-corrected chi connectivity index (χ0v) is 15.7. The molecule has 0 aliphatic heterocycles. The molecule has 0 spiro atoms. The van der Waals surface area contributed by atoms with Gasteiger partial charge in [0.2, 0.25) is 0 Å². The van der Waals surface area contributed by atoms with Gasteiger partial charge in [-0.05, 0) is 43.5 Å². The lowest BCUT2D eigenvalue weighted by molar-refractivity contribution is -0.124. The molecule has 136 valence electrons. The number of rotatable bonds is 6. The van der Waals surface area contributed by atoms with Crippen LogP contribution < -0.4 is 10.1 Å². The van der Waals surface area contributed by atoms with Gasteiger partial charge in [-0.25, -0.2) is 4.98 Å². The summed E-state index contributed by atoms with van der Waals surface area (Å²) in [6.45, 7) is 8.11. The van der Waals surface area contributed by atoms with E-state index in [1.165, 1.54) is 5.56 Å². The van der Waals surface area contributed by atoms with E-state index < -0.39 is 0 Å². The summed E-state index contributed by atoms with van der Waals surface area (Å²) in [6.07, 6.45) is 0. The quantitative estimate of drug-likeness (QED) is 0.703. The third-order valence-electron chi connectivity index (χ3n) is 4.37. The fourth-order valence-corrected chi connectivity index (χ4v) is 2.99. The molecule has 1 unspecified atom stereocenters. The summed E-state index contributed by atoms with van der Waals surface area (Å²) in [6, 6.07) is 13.6. The fourth-order valence-electron chi connectivity index (χ4n) is 2.99. The number of hydrogen-bond donors (Lipinski definition) is 2. The molecule has 3 rings (SSSR count). The summed E-state index contributed by atoms with van der Waals surface area (Å²) in [5, 5.41) is 3.04. The molecule has 2 N–H and O–H groups in total. The SMILES string of the molecule is Cc1ccc(OCC(=O)NC(c2nc3ccccc3[nH]2)C(C)C)c(C)c1. The van der Waals surface area contributed by atoms with Gasteiger partial charge in [0.1, 0.15) is 11.6 Å². The number of aryl methyl sites for hydroxylation is 2. The predicted octanol–water partition coefficient (Wildman–Crippen LogP) is 4.07. The third-order valence-corrected chi connectivity index (χ3v) is 4.37. The highest BCUT2D eigenvalue weighted by Crippen LogP contribution is 2.22. The number of aromatic nitrogens is 2. The lowest BCUT2D eigenvalue weighted by atomic mass is 10.0. The average molecular weight is 351 g/mol. The summed E-state index contributed by atoms with van der Waals surface area (Å²) in [4.78, 5) is 20.3. The first kappa shape index (κ1) is 18.0. The second-order valence-corrected chi connectivity index (χ2v) is 6.99. The number of aromatic amines is 1. The van der Waals surface area contributed by atoms with Crippen molar-refractivity contribution in [1.29, 1.82) is 0 Å². The molecule has 0 aliphatic carbocycles. The predicted molar refractivity (Wildman–Crippen MR) is 103 cm³/mol. The van der Waals surface area contributed by atoms with Gasteiger partial charge in [-0.1, -0.05) is 43.7 Å². The minimum atomic E-state index is -0.197. The van der Waals surface area contributed by atoms with Crippen molar-refractivity contribution in [2.45, 2.75) is 33.7 Å². The van der Waals surface area contributed by atoms with Crippen LogP contribution in [-0.4, -0.2) is 22.5 Å². The van der Waals surface area contributed by atoms with Crippen LogP contribution in [0, 0.1) is 19.8 Å². The first-order chi connectivity index (χ1) is 12.4. The van der Waals surface area contributed by atoms with Crippen LogP contribution in [0.2, 0.25) is 0 Å². The Morgan fingerprint density at radius 1 is 1.19 bits per heavy atom. The molecule has 1 aromatic heterocycles. The van der Waals surface area contributed by atoms with Gasteiger partial charge in [-0.3, -0.25) is 4.79 Å². The smallest absolute Gasteiger partial charge is 0.258 e. The number of benzene rings is 2. The maximum absolute atomic E-state index is 12.4. The number of amides is 1. The number of H-pyrrole nitrogens is 1. The maximum Gasteiger partial charge on any atom is 0.258 e. The van der Waals surface area contributed by atoms with Crippen molar-refractivity contribution < 1.29 is 9.53 Å². The molecule has 0 bridgehead atoms. The number of nitrogens with one attached hydrogen (secondary N) is 2. The van der Waals surface area contributed by atoms with Crippen molar-refractivity contribution in [2.24, 2.45) is 5.92 Å². The van der Waals surface area contributed by atoms with E-state index in [1.807, 2.05) is 56.3 Å². The van der Waals surface area contributed by atoms with Crippen LogP contribution in [0.1, 0.15) is 36.8 Å². The third kappa shape index (κ3) is 4.04. The lowest BCUT2D eigenvalue weighted by Crippen LogP contribution is -2.35. The van der Waals surface area contributed by atoms with Gasteiger partial charge in [-0.2, -0.15) is 0 Å². The Morgan fingerprint density at radius 2 is 1.96 bits per heavy atom. The Kier molecular flexibility index (Phi) is 5.26. The molecule has 5 nitrogen and oxygen atoms in total. The summed E-state index contributed by atoms with van der Waals surface area (Å²) in [5.41, 5.74) is 4.06. The van der Waals surface area contributed by atoms with Crippen LogP contribution in [0.3, 0.4) is 0 Å². The molecule has 26 heavy (non-hydrogen) atoms. The fraction of sp³-hybridized carbons (Fsp3) is 0.333. The average Bonchev–Trinajstić information content (AvgIpc) is 3.02. The van der Waals surface area contributed by atoms with Gasteiger partial charge in [-0.15, -0.1) is 0 Å². The van der Waals surface area contributed by atoms with Crippen molar-refractivity contribution in [3.05, 3.63) is 59.4 Å². The molecule has 0 fully saturated rings. The summed E-state index contributed by atoms with van der Waals surface area (Å²) >= 11 is 0. The number of carbonyl (C=O) groups excluding carboxylic acids is 1. The lowest BCUT2D eigenvalue weighted by Gasteiger charge is -2.20. The molecule has 1 amide bonds. The second-order valence-electron chi connectivity index (χ2n) is 6.99. The number of para-hydroxylation sites is 2. The molecule has 0 saturated carbocycles. The number of fused-ring (bicyclic) bond motifs is 1. The van der Waals surface area contributed by atoms with E-state index in [1.54, 1.807) is 0 Å². The first-order valence-electron chi connectivity index (χ1n) is 8.88. The first-order valence-corrected chi connectivity index (χ1v) is 8.88. The minimum Gasteiger partial charge on any atom is -0.484 e. The zero-order valence-electron chi connectivity index (χ0n) is 15.7. The second kappa shape index (κ2) is 7.60. The van der Waals surface area contributed by atoms with E-state index in [-0.39, 0.29) is 24.5 Å². The van der Waals surface area contributed by atoms with Crippen molar-refractivity contribution in [3.63, 3.8) is 0 Å². The Labute approximate surface area is 153 Å². The largest absolute Gasteiger partial charge is 0.484 e. The van der Waals surface area contributed by atoms with Crippen LogP contribution in [0.4, 0.5) is 0 Å². The highest BCUT2D eigenvalue weighted by molar-refractivity contribution is 5.78. The van der Waals surface area contributed by atoms with Gasteiger partial charge >= 0.3 is 0 Å². The standard InChI is InChI=1S/C21H25N3O2/c1-13(2)20(21-22-16-7-5-6-8-17(16)23-21)24-19(25)12-26-18-10-9-14(3)11-15(18)4/h5-11,13,20H,12H2,1-4H3,(H,22,23)(H,24,25). The number of carbonyl (C=O) groups is 1. The highest BCUT2D eigenvalue weighted by Gasteiger charge is 2.22. The Balaban J connectivity index is 1.68. The highest BCUT2D eigenvalue weighted by atomic mass is 16.5. The van der Waals surface area contributed by atoms with Gasteiger partial charge < -0.3 is 15.0 Å². The molecular formula is C21H25N3O2. The van der Waals surface area contributed by atoms with Crippen LogP contribution in [0.5, 0.6) is 5.75 Å². The Hall–Kier alpha value is -2.82. The molecule has 0 saturated heterocycles. The van der Waals surface area contributed by atoms with Crippen molar-refractivity contribution in [1.82, 2.24) is 15.3 Å². The van der Waals surface area contributed by atoms with Crippen molar-refractivity contribution in [2.75, 3.05) is 6.61 Å². The van der Waals surface area contributed by atoms with Crippen molar-refractivity contribution in [3.8, 4) is 5.75 Å².